The van der Waals surface area contributed by atoms with Gasteiger partial charge in [0.25, 0.3) is 0 Å². The first-order chi connectivity index (χ1) is 12.8. The molecule has 144 valence electrons. The van der Waals surface area contributed by atoms with Gasteiger partial charge in [-0.3, -0.25) is 14.9 Å². The number of hydrogen-bond acceptors (Lipinski definition) is 6. The Bertz CT molecular complexity index is 886. The zero-order valence-electron chi connectivity index (χ0n) is 15.4. The molecule has 0 aliphatic heterocycles. The van der Waals surface area contributed by atoms with Crippen LogP contribution in [0, 0.1) is 24.0 Å². The van der Waals surface area contributed by atoms with Gasteiger partial charge in [0.15, 0.2) is 5.75 Å². The first-order valence-corrected chi connectivity index (χ1v) is 8.35. The fraction of sp³-hybridized carbons (Fsp3) is 0.278. The molecule has 0 heterocycles. The molecule has 1 amide bonds. The highest BCUT2D eigenvalue weighted by Crippen LogP contribution is 2.33. The molecule has 0 spiro atoms. The molecule has 27 heavy (non-hydrogen) atoms. The Kier molecular flexibility index (Phi) is 6.46. The number of benzene rings is 2. The van der Waals surface area contributed by atoms with E-state index in [0.717, 1.165) is 5.56 Å². The molecule has 2 aromatic rings. The zero-order valence-corrected chi connectivity index (χ0v) is 16.1. The third kappa shape index (κ3) is 4.79. The summed E-state index contributed by atoms with van der Waals surface area (Å²) in [5.74, 6) is 0.263. The van der Waals surface area contributed by atoms with Crippen molar-refractivity contribution in [2.45, 2.75) is 13.8 Å². The smallest absolute Gasteiger partial charge is 0.311 e. The number of amides is 1. The summed E-state index contributed by atoms with van der Waals surface area (Å²) in [5.41, 5.74) is 2.30. The molecule has 0 fully saturated rings. The minimum atomic E-state index is -0.534. The molecule has 0 radical (unpaired) electrons. The summed E-state index contributed by atoms with van der Waals surface area (Å²) in [7, 11) is 2.85. The number of carbonyl (C=O) groups is 1. The van der Waals surface area contributed by atoms with Gasteiger partial charge in [-0.2, -0.15) is 0 Å². The maximum absolute atomic E-state index is 12.3. The van der Waals surface area contributed by atoms with Gasteiger partial charge in [0, 0.05) is 28.9 Å². The van der Waals surface area contributed by atoms with Crippen LogP contribution in [0.2, 0.25) is 5.02 Å². The van der Waals surface area contributed by atoms with Crippen LogP contribution in [0.5, 0.6) is 11.5 Å². The van der Waals surface area contributed by atoms with Crippen molar-refractivity contribution in [2.24, 2.45) is 0 Å². The van der Waals surface area contributed by atoms with E-state index in [1.165, 1.54) is 26.4 Å². The average molecular weight is 394 g/mol. The van der Waals surface area contributed by atoms with Gasteiger partial charge in [-0.15, -0.1) is 0 Å². The van der Waals surface area contributed by atoms with Crippen molar-refractivity contribution in [1.29, 1.82) is 0 Å². The fourth-order valence-electron chi connectivity index (χ4n) is 2.45. The van der Waals surface area contributed by atoms with Crippen molar-refractivity contribution in [1.82, 2.24) is 0 Å². The van der Waals surface area contributed by atoms with Crippen LogP contribution in [0.1, 0.15) is 11.1 Å². The molecule has 0 aliphatic rings. The topological polar surface area (TPSA) is 103 Å². The van der Waals surface area contributed by atoms with Gasteiger partial charge in [0.2, 0.25) is 5.91 Å². The highest BCUT2D eigenvalue weighted by molar-refractivity contribution is 6.31. The highest BCUT2D eigenvalue weighted by Gasteiger charge is 2.18. The number of ether oxygens (including phenoxy) is 2. The summed E-state index contributed by atoms with van der Waals surface area (Å²) in [6.07, 6.45) is 0. The van der Waals surface area contributed by atoms with E-state index < -0.39 is 4.92 Å². The van der Waals surface area contributed by atoms with Gasteiger partial charge in [0.1, 0.15) is 5.75 Å². The SMILES string of the molecule is COc1cc(Cl)c(C)cc1NCC(=O)Nc1cc(OC)c([N+](=O)[O-])cc1C. The highest BCUT2D eigenvalue weighted by atomic mass is 35.5. The molecule has 9 heteroatoms. The predicted octanol–water partition coefficient (Wildman–Crippen LogP) is 3.93. The third-order valence-electron chi connectivity index (χ3n) is 3.92. The number of carbonyl (C=O) groups excluding carboxylic acids is 1. The summed E-state index contributed by atoms with van der Waals surface area (Å²) in [6.45, 7) is 3.48. The number of methoxy groups -OCH3 is 2. The van der Waals surface area contributed by atoms with E-state index in [9.17, 15) is 14.9 Å². The van der Waals surface area contributed by atoms with E-state index in [0.29, 0.717) is 27.7 Å². The van der Waals surface area contributed by atoms with Crippen LogP contribution in [-0.2, 0) is 4.79 Å². The molecule has 0 atom stereocenters. The van der Waals surface area contributed by atoms with E-state index in [2.05, 4.69) is 10.6 Å². The van der Waals surface area contributed by atoms with Crippen molar-refractivity contribution in [3.05, 3.63) is 50.5 Å². The lowest BCUT2D eigenvalue weighted by Gasteiger charge is -2.14. The largest absolute Gasteiger partial charge is 0.495 e. The lowest BCUT2D eigenvalue weighted by atomic mass is 10.1. The van der Waals surface area contributed by atoms with Crippen molar-refractivity contribution in [3.63, 3.8) is 0 Å². The van der Waals surface area contributed by atoms with Crippen LogP contribution < -0.4 is 20.1 Å². The predicted molar refractivity (Wildman–Crippen MR) is 104 cm³/mol. The molecule has 0 aliphatic carbocycles. The molecular weight excluding hydrogens is 374 g/mol. The van der Waals surface area contributed by atoms with Crippen LogP contribution >= 0.6 is 11.6 Å². The lowest BCUT2D eigenvalue weighted by Crippen LogP contribution is -2.22. The van der Waals surface area contributed by atoms with Gasteiger partial charge < -0.3 is 20.1 Å². The van der Waals surface area contributed by atoms with Crippen molar-refractivity contribution in [3.8, 4) is 11.5 Å². The van der Waals surface area contributed by atoms with Crippen LogP contribution in [0.15, 0.2) is 24.3 Å². The normalized spacial score (nSPS) is 10.3. The first-order valence-electron chi connectivity index (χ1n) is 7.97. The second-order valence-electron chi connectivity index (χ2n) is 5.80. The molecule has 0 saturated heterocycles. The molecule has 0 aromatic heterocycles. The molecule has 0 saturated carbocycles. The number of nitro groups is 1. The average Bonchev–Trinajstić information content (AvgIpc) is 2.63. The van der Waals surface area contributed by atoms with E-state index >= 15 is 0 Å². The maximum Gasteiger partial charge on any atom is 0.311 e. The third-order valence-corrected chi connectivity index (χ3v) is 4.32. The Morgan fingerprint density at radius 1 is 1.07 bits per heavy atom. The van der Waals surface area contributed by atoms with Crippen molar-refractivity contribution < 1.29 is 19.2 Å². The van der Waals surface area contributed by atoms with Crippen molar-refractivity contribution >= 4 is 34.6 Å². The number of halogens is 1. The number of nitrogens with one attached hydrogen (secondary N) is 2. The number of rotatable bonds is 7. The van der Waals surface area contributed by atoms with E-state index in [1.807, 2.05) is 6.92 Å². The Balaban J connectivity index is 2.13. The van der Waals surface area contributed by atoms with Gasteiger partial charge in [-0.1, -0.05) is 11.6 Å². The Labute approximate surface area is 161 Å². The minimum Gasteiger partial charge on any atom is -0.495 e. The van der Waals surface area contributed by atoms with Crippen molar-refractivity contribution in [2.75, 3.05) is 31.4 Å². The van der Waals surface area contributed by atoms with Crippen LogP contribution in [0.25, 0.3) is 0 Å². The Hall–Kier alpha value is -3.00. The van der Waals surface area contributed by atoms with Gasteiger partial charge in [0.05, 0.1) is 31.4 Å². The summed E-state index contributed by atoms with van der Waals surface area (Å²) in [6, 6.07) is 6.24. The van der Waals surface area contributed by atoms with Gasteiger partial charge in [-0.05, 0) is 31.0 Å². The molecule has 0 bridgehead atoms. The molecule has 0 unspecified atom stereocenters. The number of nitro benzene ring substituents is 1. The van der Waals surface area contributed by atoms with E-state index in [1.54, 1.807) is 19.1 Å². The summed E-state index contributed by atoms with van der Waals surface area (Å²) >= 11 is 6.07. The molecule has 2 N–H and O–H groups in total. The monoisotopic (exact) mass is 393 g/mol. The molecule has 2 rings (SSSR count). The lowest BCUT2D eigenvalue weighted by molar-refractivity contribution is -0.385. The van der Waals surface area contributed by atoms with Gasteiger partial charge >= 0.3 is 5.69 Å². The summed E-state index contributed by atoms with van der Waals surface area (Å²) in [5, 5.41) is 17.3. The molecule has 8 nitrogen and oxygen atoms in total. The standard InChI is InChI=1S/C18H20ClN3O5/c1-10-5-14(16(26-3)7-12(10)19)20-9-18(23)21-13-8-17(27-4)15(22(24)25)6-11(13)2/h5-8,20H,9H2,1-4H3,(H,21,23). The van der Waals surface area contributed by atoms with Crippen LogP contribution in [0.4, 0.5) is 17.1 Å². The number of hydrogen-bond donors (Lipinski definition) is 2. The molecule has 2 aromatic carbocycles. The fourth-order valence-corrected chi connectivity index (χ4v) is 2.61. The minimum absolute atomic E-state index is 0.0316. The molecular formula is C18H20ClN3O5. The Morgan fingerprint density at radius 2 is 1.74 bits per heavy atom. The maximum atomic E-state index is 12.3. The summed E-state index contributed by atoms with van der Waals surface area (Å²) < 4.78 is 10.3. The van der Waals surface area contributed by atoms with E-state index in [4.69, 9.17) is 21.1 Å². The number of anilines is 2. The quantitative estimate of drug-likeness (QED) is 0.545. The first kappa shape index (κ1) is 20.3. The number of aryl methyl sites for hydroxylation is 2. The second kappa shape index (κ2) is 8.59. The number of nitrogens with zero attached hydrogens (tertiary/aromatic N) is 1. The van der Waals surface area contributed by atoms with Crippen LogP contribution in [0.3, 0.4) is 0 Å². The summed E-state index contributed by atoms with van der Waals surface area (Å²) in [4.78, 5) is 22.8. The van der Waals surface area contributed by atoms with E-state index in [-0.39, 0.29) is 23.9 Å². The second-order valence-corrected chi connectivity index (χ2v) is 6.21. The van der Waals surface area contributed by atoms with Crippen LogP contribution in [-0.4, -0.2) is 31.6 Å². The zero-order chi connectivity index (χ0) is 20.1. The Morgan fingerprint density at radius 3 is 2.33 bits per heavy atom. The van der Waals surface area contributed by atoms with Gasteiger partial charge in [-0.25, -0.2) is 0 Å².